The second kappa shape index (κ2) is 2.15. The molecule has 8 heavy (non-hydrogen) atoms. The number of aliphatic hydroxyl groups is 2. The summed E-state index contributed by atoms with van der Waals surface area (Å²) < 4.78 is 4.73. The van der Waals surface area contributed by atoms with E-state index in [1.807, 2.05) is 0 Å². The molecule has 3 nitrogen and oxygen atoms in total. The summed E-state index contributed by atoms with van der Waals surface area (Å²) in [5.41, 5.74) is 0. The van der Waals surface area contributed by atoms with E-state index in [9.17, 15) is 0 Å². The number of hydrogen-bond acceptors (Lipinski definition) is 3. The highest BCUT2D eigenvalue weighted by Gasteiger charge is 2.20. The van der Waals surface area contributed by atoms with Gasteiger partial charge in [-0.1, -0.05) is 0 Å². The monoisotopic (exact) mass is 116 g/mol. The summed E-state index contributed by atoms with van der Waals surface area (Å²) in [5.74, 6) is 0. The van der Waals surface area contributed by atoms with E-state index in [0.29, 0.717) is 0 Å². The molecule has 0 bridgehead atoms. The fourth-order valence-corrected chi connectivity index (χ4v) is 0.582. The molecule has 0 spiro atoms. The molecule has 2 N–H and O–H groups in total. The average Bonchev–Trinajstić information content (AvgIpc) is 2.14. The van der Waals surface area contributed by atoms with Gasteiger partial charge in [-0.15, -0.1) is 0 Å². The Balaban J connectivity index is 2.38. The molecule has 0 aliphatic carbocycles. The van der Waals surface area contributed by atoms with Crippen LogP contribution in [0.3, 0.4) is 0 Å². The van der Waals surface area contributed by atoms with Crippen molar-refractivity contribution in [3.05, 3.63) is 12.3 Å². The maximum Gasteiger partial charge on any atom is 0.150 e. The molecule has 2 atom stereocenters. The van der Waals surface area contributed by atoms with E-state index in [1.165, 1.54) is 12.3 Å². The Bertz CT molecular complexity index is 99.8. The lowest BCUT2D eigenvalue weighted by Gasteiger charge is -2.08. The van der Waals surface area contributed by atoms with Crippen LogP contribution < -0.4 is 0 Å². The zero-order chi connectivity index (χ0) is 5.98. The van der Waals surface area contributed by atoms with E-state index < -0.39 is 12.2 Å². The van der Waals surface area contributed by atoms with Crippen LogP contribution >= 0.6 is 0 Å². The lowest BCUT2D eigenvalue weighted by molar-refractivity contribution is 0.0217. The average molecular weight is 116 g/mol. The maximum atomic E-state index is 8.82. The highest BCUT2D eigenvalue weighted by molar-refractivity contribution is 4.95. The van der Waals surface area contributed by atoms with Gasteiger partial charge in [0.15, 0.2) is 6.10 Å². The van der Waals surface area contributed by atoms with Gasteiger partial charge in [0.25, 0.3) is 0 Å². The first-order valence-corrected chi connectivity index (χ1v) is 2.45. The smallest absolute Gasteiger partial charge is 0.150 e. The molecule has 0 aromatic rings. The van der Waals surface area contributed by atoms with Crippen LogP contribution in [0.5, 0.6) is 0 Å². The van der Waals surface area contributed by atoms with Gasteiger partial charge in [0.1, 0.15) is 6.10 Å². The highest BCUT2D eigenvalue weighted by Crippen LogP contribution is 2.07. The maximum absolute atomic E-state index is 8.82. The van der Waals surface area contributed by atoms with E-state index in [-0.39, 0.29) is 6.61 Å². The SMILES string of the molecule is OCC1OC=CC1O. The molecule has 2 unspecified atom stereocenters. The van der Waals surface area contributed by atoms with Crippen LogP contribution in [0.15, 0.2) is 12.3 Å². The Morgan fingerprint density at radius 1 is 1.62 bits per heavy atom. The van der Waals surface area contributed by atoms with Crippen molar-refractivity contribution in [2.24, 2.45) is 0 Å². The molecule has 0 saturated carbocycles. The second-order valence-electron chi connectivity index (χ2n) is 1.68. The standard InChI is InChI=1S/C5H8O3/c6-3-5-4(7)1-2-8-5/h1-2,4-7H,3H2. The minimum atomic E-state index is -0.625. The number of rotatable bonds is 1. The first-order chi connectivity index (χ1) is 3.84. The van der Waals surface area contributed by atoms with Crippen molar-refractivity contribution >= 4 is 0 Å². The van der Waals surface area contributed by atoms with Crippen molar-refractivity contribution in [3.63, 3.8) is 0 Å². The van der Waals surface area contributed by atoms with Crippen LogP contribution in [0.4, 0.5) is 0 Å². The normalized spacial score (nSPS) is 35.2. The molecule has 1 aliphatic rings. The van der Waals surface area contributed by atoms with Crippen molar-refractivity contribution in [1.29, 1.82) is 0 Å². The number of aliphatic hydroxyl groups excluding tert-OH is 2. The fourth-order valence-electron chi connectivity index (χ4n) is 0.582. The van der Waals surface area contributed by atoms with Gasteiger partial charge in [-0.25, -0.2) is 0 Å². The molecule has 1 rings (SSSR count). The van der Waals surface area contributed by atoms with Crippen molar-refractivity contribution < 1.29 is 14.9 Å². The van der Waals surface area contributed by atoms with Crippen LogP contribution in [0.25, 0.3) is 0 Å². The van der Waals surface area contributed by atoms with Crippen molar-refractivity contribution in [2.75, 3.05) is 6.61 Å². The molecule has 0 fully saturated rings. The minimum absolute atomic E-state index is 0.131. The van der Waals surface area contributed by atoms with Crippen LogP contribution in [-0.2, 0) is 4.74 Å². The summed E-state index contributed by atoms with van der Waals surface area (Å²) in [7, 11) is 0. The fraction of sp³-hybridized carbons (Fsp3) is 0.600. The first kappa shape index (κ1) is 5.59. The third-order valence-electron chi connectivity index (χ3n) is 1.09. The topological polar surface area (TPSA) is 49.7 Å². The molecule has 0 radical (unpaired) electrons. The van der Waals surface area contributed by atoms with E-state index in [0.717, 1.165) is 0 Å². The van der Waals surface area contributed by atoms with E-state index in [1.54, 1.807) is 0 Å². The van der Waals surface area contributed by atoms with Crippen LogP contribution in [0, 0.1) is 0 Å². The van der Waals surface area contributed by atoms with E-state index in [2.05, 4.69) is 0 Å². The Hall–Kier alpha value is -0.540. The van der Waals surface area contributed by atoms with Crippen LogP contribution in [0.1, 0.15) is 0 Å². The third-order valence-corrected chi connectivity index (χ3v) is 1.09. The van der Waals surface area contributed by atoms with Gasteiger partial charge in [-0.3, -0.25) is 0 Å². The predicted molar refractivity (Wildman–Crippen MR) is 27.1 cm³/mol. The Kier molecular flexibility index (Phi) is 1.50. The summed E-state index contributed by atoms with van der Waals surface area (Å²) in [6.45, 7) is -0.131. The Morgan fingerprint density at radius 3 is 2.62 bits per heavy atom. The van der Waals surface area contributed by atoms with Gasteiger partial charge in [0.2, 0.25) is 0 Å². The molecule has 46 valence electrons. The van der Waals surface area contributed by atoms with Gasteiger partial charge in [-0.2, -0.15) is 0 Å². The number of ether oxygens (including phenoxy) is 1. The summed E-state index contributed by atoms with van der Waals surface area (Å²) in [5, 5.41) is 17.2. The van der Waals surface area contributed by atoms with E-state index in [4.69, 9.17) is 14.9 Å². The Morgan fingerprint density at radius 2 is 2.38 bits per heavy atom. The van der Waals surface area contributed by atoms with Crippen LogP contribution in [-0.4, -0.2) is 29.0 Å². The summed E-state index contributed by atoms with van der Waals surface area (Å²) in [6.07, 6.45) is 1.84. The van der Waals surface area contributed by atoms with Gasteiger partial charge >= 0.3 is 0 Å². The summed E-state index contributed by atoms with van der Waals surface area (Å²) in [4.78, 5) is 0. The molecule has 1 aliphatic heterocycles. The van der Waals surface area contributed by atoms with Crippen LogP contribution in [0.2, 0.25) is 0 Å². The van der Waals surface area contributed by atoms with E-state index >= 15 is 0 Å². The van der Waals surface area contributed by atoms with Crippen molar-refractivity contribution in [2.45, 2.75) is 12.2 Å². The first-order valence-electron chi connectivity index (χ1n) is 2.45. The molecule has 3 heteroatoms. The van der Waals surface area contributed by atoms with Crippen molar-refractivity contribution in [3.8, 4) is 0 Å². The summed E-state index contributed by atoms with van der Waals surface area (Å²) >= 11 is 0. The molecule has 0 aromatic heterocycles. The lowest BCUT2D eigenvalue weighted by Crippen LogP contribution is -2.24. The molecule has 0 amide bonds. The minimum Gasteiger partial charge on any atom is -0.493 e. The largest absolute Gasteiger partial charge is 0.493 e. The molecule has 1 heterocycles. The molecular formula is C5H8O3. The zero-order valence-corrected chi connectivity index (χ0v) is 4.32. The van der Waals surface area contributed by atoms with Gasteiger partial charge in [0.05, 0.1) is 12.9 Å². The third kappa shape index (κ3) is 0.827. The highest BCUT2D eigenvalue weighted by atomic mass is 16.5. The number of hydrogen-bond donors (Lipinski definition) is 2. The Labute approximate surface area is 47.2 Å². The quantitative estimate of drug-likeness (QED) is 0.474. The van der Waals surface area contributed by atoms with Gasteiger partial charge in [-0.05, 0) is 6.08 Å². The molecular weight excluding hydrogens is 108 g/mol. The lowest BCUT2D eigenvalue weighted by atomic mass is 10.2. The van der Waals surface area contributed by atoms with Crippen molar-refractivity contribution in [1.82, 2.24) is 0 Å². The van der Waals surface area contributed by atoms with Gasteiger partial charge < -0.3 is 14.9 Å². The zero-order valence-electron chi connectivity index (χ0n) is 4.32. The molecule has 0 aromatic carbocycles. The van der Waals surface area contributed by atoms with Gasteiger partial charge in [0, 0.05) is 0 Å². The second-order valence-corrected chi connectivity index (χ2v) is 1.68. The predicted octanol–water partition coefficient (Wildman–Crippen LogP) is -0.748. The molecule has 0 saturated heterocycles. The summed E-state index contributed by atoms with van der Waals surface area (Å²) in [6, 6.07) is 0.